The molecule has 0 bridgehead atoms. The van der Waals surface area contributed by atoms with Gasteiger partial charge in [-0.1, -0.05) is 30.3 Å². The zero-order valence-electron chi connectivity index (χ0n) is 14.2. The van der Waals surface area contributed by atoms with Gasteiger partial charge in [0.1, 0.15) is 10.8 Å². The van der Waals surface area contributed by atoms with Crippen molar-refractivity contribution < 1.29 is 9.18 Å². The Morgan fingerprint density at radius 3 is 2.72 bits per heavy atom. The lowest BCUT2D eigenvalue weighted by atomic mass is 10.2. The number of para-hydroxylation sites is 1. The van der Waals surface area contributed by atoms with Crippen LogP contribution in [0.4, 0.5) is 4.39 Å². The smallest absolute Gasteiger partial charge is 0.234 e. The molecule has 0 aliphatic carbocycles. The van der Waals surface area contributed by atoms with Gasteiger partial charge < -0.3 is 5.32 Å². The number of thiazole rings is 1. The number of benzene rings is 2. The summed E-state index contributed by atoms with van der Waals surface area (Å²) in [5.74, 6) is -0.447. The van der Waals surface area contributed by atoms with E-state index in [1.807, 2.05) is 43.1 Å². The largest absolute Gasteiger partial charge is 0.351 e. The van der Waals surface area contributed by atoms with Gasteiger partial charge >= 0.3 is 0 Å². The highest BCUT2D eigenvalue weighted by Gasteiger charge is 2.18. The van der Waals surface area contributed by atoms with Crippen molar-refractivity contribution in [3.05, 3.63) is 64.9 Å². The number of halogens is 1. The summed E-state index contributed by atoms with van der Waals surface area (Å²) >= 11 is 1.64. The number of carbonyl (C=O) groups excluding carboxylic acids is 1. The summed E-state index contributed by atoms with van der Waals surface area (Å²) in [4.78, 5) is 18.7. The summed E-state index contributed by atoms with van der Waals surface area (Å²) in [6.07, 6.45) is 0. The molecule has 6 heteroatoms. The summed E-state index contributed by atoms with van der Waals surface area (Å²) in [6.45, 7) is 2.45. The molecule has 0 saturated carbocycles. The number of rotatable bonds is 6. The van der Waals surface area contributed by atoms with Crippen LogP contribution in [0, 0.1) is 5.82 Å². The molecule has 0 aliphatic rings. The molecule has 2 aromatic carbocycles. The highest BCUT2D eigenvalue weighted by atomic mass is 32.1. The van der Waals surface area contributed by atoms with E-state index in [-0.39, 0.29) is 30.9 Å². The van der Waals surface area contributed by atoms with Crippen molar-refractivity contribution in [3.8, 4) is 0 Å². The van der Waals surface area contributed by atoms with Crippen LogP contribution in [0.1, 0.15) is 23.5 Å². The first-order valence-corrected chi connectivity index (χ1v) is 8.92. The van der Waals surface area contributed by atoms with Crippen molar-refractivity contribution in [3.63, 3.8) is 0 Å². The van der Waals surface area contributed by atoms with Crippen molar-refractivity contribution in [2.45, 2.75) is 19.5 Å². The first-order chi connectivity index (χ1) is 12.0. The molecule has 25 heavy (non-hydrogen) atoms. The Morgan fingerprint density at radius 2 is 1.96 bits per heavy atom. The molecule has 3 rings (SSSR count). The van der Waals surface area contributed by atoms with Gasteiger partial charge in [-0.15, -0.1) is 11.3 Å². The fraction of sp³-hybridized carbons (Fsp3) is 0.263. The maximum Gasteiger partial charge on any atom is 0.234 e. The van der Waals surface area contributed by atoms with E-state index in [2.05, 4.69) is 10.3 Å². The van der Waals surface area contributed by atoms with Crippen LogP contribution in [0.3, 0.4) is 0 Å². The van der Waals surface area contributed by atoms with E-state index in [0.717, 1.165) is 15.2 Å². The van der Waals surface area contributed by atoms with Gasteiger partial charge in [0.25, 0.3) is 0 Å². The van der Waals surface area contributed by atoms with Crippen LogP contribution in [0.25, 0.3) is 10.2 Å². The van der Waals surface area contributed by atoms with Gasteiger partial charge in [-0.3, -0.25) is 9.69 Å². The average molecular weight is 357 g/mol. The number of fused-ring (bicyclic) bond motifs is 1. The molecule has 0 spiro atoms. The number of nitrogens with zero attached hydrogens (tertiary/aromatic N) is 2. The lowest BCUT2D eigenvalue weighted by Crippen LogP contribution is -2.36. The third-order valence-corrected chi connectivity index (χ3v) is 5.36. The molecule has 1 atom stereocenters. The third kappa shape index (κ3) is 4.21. The van der Waals surface area contributed by atoms with E-state index < -0.39 is 0 Å². The lowest BCUT2D eigenvalue weighted by Gasteiger charge is -2.22. The zero-order chi connectivity index (χ0) is 17.8. The molecule has 130 valence electrons. The molecule has 1 aromatic heterocycles. The van der Waals surface area contributed by atoms with E-state index in [0.29, 0.717) is 5.56 Å². The van der Waals surface area contributed by atoms with Gasteiger partial charge in [0.2, 0.25) is 5.91 Å². The quantitative estimate of drug-likeness (QED) is 0.731. The Balaban J connectivity index is 1.58. The highest BCUT2D eigenvalue weighted by molar-refractivity contribution is 7.18. The van der Waals surface area contributed by atoms with Crippen LogP contribution in [-0.4, -0.2) is 29.4 Å². The van der Waals surface area contributed by atoms with E-state index in [9.17, 15) is 9.18 Å². The Morgan fingerprint density at radius 1 is 1.24 bits per heavy atom. The second-order valence-electron chi connectivity index (χ2n) is 5.98. The minimum atomic E-state index is -0.306. The van der Waals surface area contributed by atoms with E-state index >= 15 is 0 Å². The number of hydrogen-bond donors (Lipinski definition) is 1. The van der Waals surface area contributed by atoms with Crippen molar-refractivity contribution in [1.29, 1.82) is 0 Å². The van der Waals surface area contributed by atoms with E-state index in [1.54, 1.807) is 29.5 Å². The Labute approximate surface area is 150 Å². The first kappa shape index (κ1) is 17.5. The van der Waals surface area contributed by atoms with Gasteiger partial charge in [0, 0.05) is 12.1 Å². The Kier molecular flexibility index (Phi) is 5.40. The maximum atomic E-state index is 13.6. The molecule has 0 fully saturated rings. The van der Waals surface area contributed by atoms with Crippen molar-refractivity contribution in [1.82, 2.24) is 15.2 Å². The molecule has 0 radical (unpaired) electrons. The van der Waals surface area contributed by atoms with Crippen LogP contribution < -0.4 is 5.32 Å². The molecule has 4 nitrogen and oxygen atoms in total. The Bertz CT molecular complexity index is 847. The number of hydrogen-bond acceptors (Lipinski definition) is 4. The SMILES string of the molecule is CC(c1nc2ccccc2s1)N(C)CC(=O)NCc1ccccc1F. The van der Waals surface area contributed by atoms with Crippen LogP contribution >= 0.6 is 11.3 Å². The maximum absolute atomic E-state index is 13.6. The second kappa shape index (κ2) is 7.72. The van der Waals surface area contributed by atoms with Crippen LogP contribution in [-0.2, 0) is 11.3 Å². The van der Waals surface area contributed by atoms with Crippen LogP contribution in [0.2, 0.25) is 0 Å². The zero-order valence-corrected chi connectivity index (χ0v) is 15.0. The van der Waals surface area contributed by atoms with Crippen molar-refractivity contribution in [2.24, 2.45) is 0 Å². The van der Waals surface area contributed by atoms with E-state index in [4.69, 9.17) is 0 Å². The minimum absolute atomic E-state index is 0.0246. The summed E-state index contributed by atoms with van der Waals surface area (Å²) in [5, 5.41) is 3.74. The molecular weight excluding hydrogens is 337 g/mol. The fourth-order valence-corrected chi connectivity index (χ4v) is 3.60. The van der Waals surface area contributed by atoms with E-state index in [1.165, 1.54) is 6.07 Å². The number of likely N-dealkylation sites (N-methyl/N-ethyl adjacent to an activating group) is 1. The number of amides is 1. The first-order valence-electron chi connectivity index (χ1n) is 8.10. The third-order valence-electron chi connectivity index (χ3n) is 4.16. The molecule has 1 N–H and O–H groups in total. The van der Waals surface area contributed by atoms with Gasteiger partial charge in [-0.05, 0) is 32.2 Å². The Hall–Kier alpha value is -2.31. The second-order valence-corrected chi connectivity index (χ2v) is 7.04. The summed E-state index contributed by atoms with van der Waals surface area (Å²) in [7, 11) is 1.89. The molecule has 0 saturated heterocycles. The monoisotopic (exact) mass is 357 g/mol. The number of carbonyl (C=O) groups is 1. The molecular formula is C19H20FN3OS. The summed E-state index contributed by atoms with van der Waals surface area (Å²) < 4.78 is 14.7. The molecule has 1 amide bonds. The fourth-order valence-electron chi connectivity index (χ4n) is 2.51. The van der Waals surface area contributed by atoms with Gasteiger partial charge in [-0.2, -0.15) is 0 Å². The van der Waals surface area contributed by atoms with Crippen molar-refractivity contribution >= 4 is 27.5 Å². The number of nitrogens with one attached hydrogen (secondary N) is 1. The average Bonchev–Trinajstić information content (AvgIpc) is 3.04. The lowest BCUT2D eigenvalue weighted by molar-refractivity contribution is -0.122. The summed E-state index contributed by atoms with van der Waals surface area (Å²) in [6, 6.07) is 14.5. The molecule has 3 aromatic rings. The summed E-state index contributed by atoms with van der Waals surface area (Å²) in [5.41, 5.74) is 1.46. The highest BCUT2D eigenvalue weighted by Crippen LogP contribution is 2.28. The topological polar surface area (TPSA) is 45.2 Å². The van der Waals surface area contributed by atoms with Crippen LogP contribution in [0.15, 0.2) is 48.5 Å². The number of aromatic nitrogens is 1. The minimum Gasteiger partial charge on any atom is -0.351 e. The predicted octanol–water partition coefficient (Wildman–Crippen LogP) is 3.74. The molecule has 1 heterocycles. The van der Waals surface area contributed by atoms with Crippen molar-refractivity contribution in [2.75, 3.05) is 13.6 Å². The molecule has 0 aliphatic heterocycles. The predicted molar refractivity (Wildman–Crippen MR) is 98.9 cm³/mol. The van der Waals surface area contributed by atoms with Gasteiger partial charge in [-0.25, -0.2) is 9.37 Å². The normalized spacial score (nSPS) is 12.5. The van der Waals surface area contributed by atoms with Gasteiger partial charge in [0.05, 0.1) is 22.8 Å². The van der Waals surface area contributed by atoms with Crippen LogP contribution in [0.5, 0.6) is 0 Å². The standard InChI is InChI=1S/C19H20FN3OS/c1-13(19-22-16-9-5-6-10-17(16)25-19)23(2)12-18(24)21-11-14-7-3-4-8-15(14)20/h3-10,13H,11-12H2,1-2H3,(H,21,24). The van der Waals surface area contributed by atoms with Gasteiger partial charge in [0.15, 0.2) is 0 Å². The molecule has 1 unspecified atom stereocenters.